The maximum Gasteiger partial charge on any atom is 0.320 e. The fourth-order valence-corrected chi connectivity index (χ4v) is 8.51. The molecule has 176 valence electrons. The number of aromatic nitrogens is 3. The van der Waals surface area contributed by atoms with Gasteiger partial charge in [0.2, 0.25) is 0 Å². The summed E-state index contributed by atoms with van der Waals surface area (Å²) in [6.45, 7) is 6.23. The molecule has 4 heterocycles. The molecule has 2 N–H and O–H groups in total. The Kier molecular flexibility index (Phi) is 4.67. The van der Waals surface area contributed by atoms with Crippen molar-refractivity contribution >= 4 is 15.9 Å². The van der Waals surface area contributed by atoms with Crippen molar-refractivity contribution in [1.82, 2.24) is 30.3 Å². The van der Waals surface area contributed by atoms with Crippen molar-refractivity contribution in [2.24, 2.45) is 11.3 Å². The van der Waals surface area contributed by atoms with E-state index in [-0.39, 0.29) is 23.1 Å². The van der Waals surface area contributed by atoms with E-state index in [9.17, 15) is 13.2 Å². The first-order valence-corrected chi connectivity index (χ1v) is 14.0. The summed E-state index contributed by atoms with van der Waals surface area (Å²) in [4.78, 5) is 20.4. The number of nitrogens with one attached hydrogen (secondary N) is 2. The van der Waals surface area contributed by atoms with Crippen LogP contribution in [0, 0.1) is 11.3 Å². The Hall–Kier alpha value is -1.68. The van der Waals surface area contributed by atoms with Gasteiger partial charge in [-0.1, -0.05) is 0 Å². The molecule has 1 spiro atoms. The number of amides is 2. The molecule has 2 saturated carbocycles. The summed E-state index contributed by atoms with van der Waals surface area (Å²) in [6, 6.07) is 0.194. The van der Waals surface area contributed by atoms with Crippen LogP contribution < -0.4 is 5.32 Å². The van der Waals surface area contributed by atoms with Crippen LogP contribution in [0.4, 0.5) is 4.79 Å². The Labute approximate surface area is 189 Å². The molecule has 0 radical (unpaired) electrons. The Morgan fingerprint density at radius 2 is 1.62 bits per heavy atom. The summed E-state index contributed by atoms with van der Waals surface area (Å²) < 4.78 is 22.9. The van der Waals surface area contributed by atoms with Gasteiger partial charge in [0.15, 0.2) is 9.84 Å². The van der Waals surface area contributed by atoms with Gasteiger partial charge in [-0.25, -0.2) is 13.2 Å². The molecule has 5 aliphatic rings. The molecule has 1 aromatic heterocycles. The zero-order valence-corrected chi connectivity index (χ0v) is 19.7. The maximum absolute atomic E-state index is 12.9. The van der Waals surface area contributed by atoms with Crippen molar-refractivity contribution in [2.45, 2.75) is 62.8 Å². The first-order valence-electron chi connectivity index (χ1n) is 12.1. The van der Waals surface area contributed by atoms with Gasteiger partial charge in [0, 0.05) is 49.0 Å². The predicted octanol–water partition coefficient (Wildman–Crippen LogP) is 1.47. The molecule has 0 aromatic carbocycles. The van der Waals surface area contributed by atoms with Crippen LogP contribution in [0.2, 0.25) is 0 Å². The lowest BCUT2D eigenvalue weighted by Crippen LogP contribution is -2.68. The smallest absolute Gasteiger partial charge is 0.320 e. The van der Waals surface area contributed by atoms with Gasteiger partial charge in [-0.15, -0.1) is 10.2 Å². The fraction of sp³-hybridized carbons (Fsp3) is 0.864. The molecule has 0 atom stereocenters. The first-order chi connectivity index (χ1) is 15.2. The van der Waals surface area contributed by atoms with Gasteiger partial charge in [0.25, 0.3) is 0 Å². The number of sulfone groups is 1. The van der Waals surface area contributed by atoms with E-state index in [0.29, 0.717) is 23.2 Å². The Morgan fingerprint density at radius 1 is 1.03 bits per heavy atom. The summed E-state index contributed by atoms with van der Waals surface area (Å²) in [6.07, 6.45) is 6.63. The summed E-state index contributed by atoms with van der Waals surface area (Å²) in [5.41, 5.74) is 0.0759. The number of hydrogen-bond donors (Lipinski definition) is 2. The average molecular weight is 463 g/mol. The first kappa shape index (κ1) is 20.9. The topological polar surface area (TPSA) is 111 Å². The van der Waals surface area contributed by atoms with Crippen LogP contribution in [0.15, 0.2) is 0 Å². The highest BCUT2D eigenvalue weighted by atomic mass is 32.2. The van der Waals surface area contributed by atoms with E-state index >= 15 is 0 Å². The standard InChI is InChI=1S/C22H34N6O3S/c1-21(13-32(30,31)14-21)23-10-15-8-22(9-15)11-28(12-22)20(29)27-6-4-17(5-7-27)19-24-18(25-26-19)16-2-3-16/h15-17,23H,2-14H2,1H3,(H,24,25,26). The highest BCUT2D eigenvalue weighted by Crippen LogP contribution is 2.52. The van der Waals surface area contributed by atoms with Crippen LogP contribution in [0.5, 0.6) is 0 Å². The van der Waals surface area contributed by atoms with E-state index in [2.05, 4.69) is 20.5 Å². The summed E-state index contributed by atoms with van der Waals surface area (Å²) in [5, 5.41) is 12.2. The monoisotopic (exact) mass is 462 g/mol. The minimum absolute atomic E-state index is 0.194. The number of hydrogen-bond acceptors (Lipinski definition) is 6. The zero-order valence-electron chi connectivity index (χ0n) is 18.8. The van der Waals surface area contributed by atoms with Gasteiger partial charge in [-0.05, 0) is 57.9 Å². The van der Waals surface area contributed by atoms with E-state index in [0.717, 1.165) is 70.1 Å². The average Bonchev–Trinajstić information content (AvgIpc) is 3.40. The third-order valence-corrected chi connectivity index (χ3v) is 10.5. The zero-order chi connectivity index (χ0) is 22.1. The minimum atomic E-state index is -2.81. The van der Waals surface area contributed by atoms with Gasteiger partial charge in [0.05, 0.1) is 11.5 Å². The third kappa shape index (κ3) is 3.83. The molecule has 0 unspecified atom stereocenters. The summed E-state index contributed by atoms with van der Waals surface area (Å²) in [5.74, 6) is 4.15. The largest absolute Gasteiger partial charge is 0.328 e. The van der Waals surface area contributed by atoms with Crippen molar-refractivity contribution in [3.05, 3.63) is 11.6 Å². The number of nitrogens with zero attached hydrogens (tertiary/aromatic N) is 4. The van der Waals surface area contributed by atoms with E-state index in [1.165, 1.54) is 12.8 Å². The van der Waals surface area contributed by atoms with Crippen LogP contribution >= 0.6 is 0 Å². The highest BCUT2D eigenvalue weighted by Gasteiger charge is 2.54. The van der Waals surface area contributed by atoms with Crippen molar-refractivity contribution in [2.75, 3.05) is 44.2 Å². The molecule has 2 aliphatic carbocycles. The van der Waals surface area contributed by atoms with E-state index < -0.39 is 9.84 Å². The minimum Gasteiger partial charge on any atom is -0.328 e. The van der Waals surface area contributed by atoms with Gasteiger partial charge in [0.1, 0.15) is 11.6 Å². The molecule has 32 heavy (non-hydrogen) atoms. The number of rotatable bonds is 5. The maximum atomic E-state index is 12.9. The molecule has 0 bridgehead atoms. The lowest BCUT2D eigenvalue weighted by atomic mass is 9.57. The number of H-pyrrole nitrogens is 1. The van der Waals surface area contributed by atoms with Crippen LogP contribution in [0.1, 0.15) is 68.9 Å². The van der Waals surface area contributed by atoms with Gasteiger partial charge >= 0.3 is 6.03 Å². The van der Waals surface area contributed by atoms with Crippen molar-refractivity contribution in [3.8, 4) is 0 Å². The van der Waals surface area contributed by atoms with Crippen molar-refractivity contribution < 1.29 is 13.2 Å². The number of piperidine rings is 1. The number of likely N-dealkylation sites (tertiary alicyclic amines) is 2. The second-order valence-corrected chi connectivity index (χ2v) is 13.6. The Balaban J connectivity index is 0.917. The number of urea groups is 1. The van der Waals surface area contributed by atoms with Crippen LogP contribution in [0.25, 0.3) is 0 Å². The molecule has 2 amide bonds. The fourth-order valence-electron chi connectivity index (χ4n) is 6.44. The molecule has 3 aliphatic heterocycles. The second-order valence-electron chi connectivity index (χ2n) is 11.5. The van der Waals surface area contributed by atoms with E-state index in [1.54, 1.807) is 0 Å². The molecular formula is C22H34N6O3S. The quantitative estimate of drug-likeness (QED) is 0.686. The molecular weight excluding hydrogens is 428 g/mol. The van der Waals surface area contributed by atoms with Crippen molar-refractivity contribution in [1.29, 1.82) is 0 Å². The molecule has 1 aromatic rings. The predicted molar refractivity (Wildman–Crippen MR) is 119 cm³/mol. The Morgan fingerprint density at radius 3 is 2.19 bits per heavy atom. The highest BCUT2D eigenvalue weighted by molar-refractivity contribution is 7.93. The molecule has 9 nitrogen and oxygen atoms in total. The molecule has 5 fully saturated rings. The van der Waals surface area contributed by atoms with E-state index in [1.807, 2.05) is 16.7 Å². The summed E-state index contributed by atoms with van der Waals surface area (Å²) in [7, 11) is -2.81. The normalized spacial score (nSPS) is 28.8. The number of aromatic amines is 1. The Bertz CT molecular complexity index is 985. The summed E-state index contributed by atoms with van der Waals surface area (Å²) >= 11 is 0. The van der Waals surface area contributed by atoms with Gasteiger partial charge in [-0.2, -0.15) is 0 Å². The van der Waals surface area contributed by atoms with Crippen LogP contribution in [0.3, 0.4) is 0 Å². The van der Waals surface area contributed by atoms with Gasteiger partial charge < -0.3 is 20.1 Å². The van der Waals surface area contributed by atoms with Crippen LogP contribution in [-0.2, 0) is 9.84 Å². The molecule has 6 rings (SSSR count). The van der Waals surface area contributed by atoms with Gasteiger partial charge in [-0.3, -0.25) is 0 Å². The lowest BCUT2D eigenvalue weighted by Gasteiger charge is -2.60. The second kappa shape index (κ2) is 7.16. The number of carbonyl (C=O) groups excluding carboxylic acids is 1. The molecule has 10 heteroatoms. The third-order valence-electron chi connectivity index (χ3n) is 8.30. The lowest BCUT2D eigenvalue weighted by molar-refractivity contribution is -0.0774. The molecule has 3 saturated heterocycles. The van der Waals surface area contributed by atoms with E-state index in [4.69, 9.17) is 0 Å². The van der Waals surface area contributed by atoms with Crippen LogP contribution in [-0.4, -0.2) is 89.2 Å². The SMILES string of the molecule is CC1(NCC2CC3(C2)CN(C(=O)N2CCC(c4nnc(C5CC5)[nH]4)CC2)C3)CS(=O)(=O)C1. The van der Waals surface area contributed by atoms with Crippen molar-refractivity contribution in [3.63, 3.8) is 0 Å². The number of carbonyl (C=O) groups is 1.